The smallest absolute Gasteiger partial charge is 0.250 e. The number of aliphatic imine (C=N–C) groups is 1. The molecule has 0 unspecified atom stereocenters. The number of anilines is 1. The highest BCUT2D eigenvalue weighted by Gasteiger charge is 2.15. The maximum Gasteiger partial charge on any atom is 0.250 e. The van der Waals surface area contributed by atoms with Gasteiger partial charge in [0.1, 0.15) is 5.75 Å². The lowest BCUT2D eigenvalue weighted by Crippen LogP contribution is -2.28. The summed E-state index contributed by atoms with van der Waals surface area (Å²) in [4.78, 5) is 15.7. The molecule has 1 aliphatic rings. The molecule has 130 valence electrons. The van der Waals surface area contributed by atoms with Crippen LogP contribution >= 0.6 is 0 Å². The molecule has 25 heavy (non-hydrogen) atoms. The third-order valence-corrected chi connectivity index (χ3v) is 4.53. The highest BCUT2D eigenvalue weighted by atomic mass is 16.3. The van der Waals surface area contributed by atoms with E-state index in [1.54, 1.807) is 0 Å². The molecule has 1 heterocycles. The number of benzene rings is 2. The summed E-state index contributed by atoms with van der Waals surface area (Å²) in [6.45, 7) is 2.10. The van der Waals surface area contributed by atoms with Crippen molar-refractivity contribution in [1.29, 1.82) is 0 Å². The Morgan fingerprint density at radius 2 is 2.00 bits per heavy atom. The fraction of sp³-hybridized carbons (Fsp3) is 0.263. The van der Waals surface area contributed by atoms with Gasteiger partial charge in [0.15, 0.2) is 0 Å². The summed E-state index contributed by atoms with van der Waals surface area (Å²) in [6.07, 6.45) is 3.84. The van der Waals surface area contributed by atoms with Gasteiger partial charge in [-0.1, -0.05) is 12.1 Å². The summed E-state index contributed by atoms with van der Waals surface area (Å²) in [7, 11) is 0. The second-order valence-electron chi connectivity index (χ2n) is 6.22. The van der Waals surface area contributed by atoms with Gasteiger partial charge in [-0.15, -0.1) is 0 Å². The number of nitrogen functional groups attached to an aromatic ring is 1. The number of rotatable bonds is 4. The van der Waals surface area contributed by atoms with E-state index in [2.05, 4.69) is 22.4 Å². The molecule has 0 radical (unpaired) electrons. The van der Waals surface area contributed by atoms with Crippen molar-refractivity contribution >= 4 is 23.5 Å². The SMILES string of the molecule is NC(=O)c1ccc(O)c(C=Nc2ccc([C@@H]3CCCNC3)cc2)c1N. The number of phenolic OH excluding ortho intramolecular Hbond substituents is 1. The summed E-state index contributed by atoms with van der Waals surface area (Å²) in [6, 6.07) is 10.8. The average Bonchev–Trinajstić information content (AvgIpc) is 2.62. The minimum atomic E-state index is -0.641. The van der Waals surface area contributed by atoms with E-state index in [0.29, 0.717) is 5.92 Å². The Balaban J connectivity index is 1.80. The van der Waals surface area contributed by atoms with Crippen LogP contribution in [-0.2, 0) is 0 Å². The molecule has 0 saturated carbocycles. The first-order chi connectivity index (χ1) is 12.1. The number of carbonyl (C=O) groups excluding carboxylic acids is 1. The lowest BCUT2D eigenvalue weighted by molar-refractivity contribution is 0.100. The molecule has 1 amide bonds. The Morgan fingerprint density at radius 3 is 2.64 bits per heavy atom. The third-order valence-electron chi connectivity index (χ3n) is 4.53. The van der Waals surface area contributed by atoms with Gasteiger partial charge in [-0.3, -0.25) is 9.79 Å². The van der Waals surface area contributed by atoms with Crippen LogP contribution < -0.4 is 16.8 Å². The summed E-state index contributed by atoms with van der Waals surface area (Å²) in [5.41, 5.74) is 13.8. The molecule has 2 aromatic carbocycles. The number of nitrogens with one attached hydrogen (secondary N) is 1. The van der Waals surface area contributed by atoms with Crippen LogP contribution in [0.4, 0.5) is 11.4 Å². The van der Waals surface area contributed by atoms with Crippen molar-refractivity contribution < 1.29 is 9.90 Å². The highest BCUT2D eigenvalue weighted by Crippen LogP contribution is 2.27. The van der Waals surface area contributed by atoms with Crippen LogP contribution in [0.5, 0.6) is 5.75 Å². The maximum atomic E-state index is 11.4. The molecule has 6 nitrogen and oxygen atoms in total. The number of nitrogens with two attached hydrogens (primary N) is 2. The number of primary amides is 1. The number of piperidine rings is 1. The van der Waals surface area contributed by atoms with E-state index in [-0.39, 0.29) is 22.6 Å². The van der Waals surface area contributed by atoms with Crippen LogP contribution in [0.2, 0.25) is 0 Å². The predicted molar refractivity (Wildman–Crippen MR) is 99.6 cm³/mol. The van der Waals surface area contributed by atoms with E-state index >= 15 is 0 Å². The first kappa shape index (κ1) is 17.0. The molecule has 6 heteroatoms. The van der Waals surface area contributed by atoms with E-state index in [1.807, 2.05) is 12.1 Å². The fourth-order valence-electron chi connectivity index (χ4n) is 3.08. The minimum Gasteiger partial charge on any atom is -0.507 e. The van der Waals surface area contributed by atoms with Crippen molar-refractivity contribution in [2.24, 2.45) is 10.7 Å². The molecule has 1 aliphatic heterocycles. The molecular weight excluding hydrogens is 316 g/mol. The van der Waals surface area contributed by atoms with Crippen molar-refractivity contribution in [2.75, 3.05) is 18.8 Å². The zero-order valence-electron chi connectivity index (χ0n) is 13.9. The Labute approximate surface area is 146 Å². The van der Waals surface area contributed by atoms with E-state index in [0.717, 1.165) is 18.8 Å². The fourth-order valence-corrected chi connectivity index (χ4v) is 3.08. The van der Waals surface area contributed by atoms with Gasteiger partial charge in [0.05, 0.1) is 22.5 Å². The summed E-state index contributed by atoms with van der Waals surface area (Å²) in [5.74, 6) is -0.146. The number of phenols is 1. The van der Waals surface area contributed by atoms with E-state index < -0.39 is 5.91 Å². The molecule has 1 fully saturated rings. The standard InChI is InChI=1S/C19H22N4O2/c20-18-15(19(21)25)7-8-17(24)16(18)11-23-14-5-3-12(4-6-14)13-2-1-9-22-10-13/h3-8,11,13,22,24H,1-2,9-10,20H2,(H2,21,25)/t13-/m1/s1. The van der Waals surface area contributed by atoms with Gasteiger partial charge >= 0.3 is 0 Å². The van der Waals surface area contributed by atoms with E-state index in [9.17, 15) is 9.90 Å². The van der Waals surface area contributed by atoms with E-state index in [4.69, 9.17) is 11.5 Å². The molecule has 6 N–H and O–H groups in total. The molecule has 2 aromatic rings. The van der Waals surface area contributed by atoms with Crippen molar-refractivity contribution in [1.82, 2.24) is 5.32 Å². The van der Waals surface area contributed by atoms with Crippen molar-refractivity contribution in [3.05, 3.63) is 53.1 Å². The average molecular weight is 338 g/mol. The van der Waals surface area contributed by atoms with Gasteiger partial charge in [-0.05, 0) is 55.1 Å². The minimum absolute atomic E-state index is 0.0452. The summed E-state index contributed by atoms with van der Waals surface area (Å²) >= 11 is 0. The molecule has 0 aromatic heterocycles. The molecule has 1 saturated heterocycles. The van der Waals surface area contributed by atoms with Crippen molar-refractivity contribution in [2.45, 2.75) is 18.8 Å². The lowest BCUT2D eigenvalue weighted by atomic mass is 9.92. The number of hydrogen-bond donors (Lipinski definition) is 4. The zero-order valence-corrected chi connectivity index (χ0v) is 13.9. The van der Waals surface area contributed by atoms with Gasteiger partial charge in [0.25, 0.3) is 5.91 Å². The normalized spacial score (nSPS) is 17.7. The van der Waals surface area contributed by atoms with Crippen LogP contribution in [0.3, 0.4) is 0 Å². The Bertz CT molecular complexity index is 794. The van der Waals surface area contributed by atoms with Crippen LogP contribution in [-0.4, -0.2) is 30.3 Å². The Kier molecular flexibility index (Phi) is 5.00. The quantitative estimate of drug-likeness (QED) is 0.506. The Hall–Kier alpha value is -2.86. The van der Waals surface area contributed by atoms with Crippen LogP contribution in [0.25, 0.3) is 0 Å². The predicted octanol–water partition coefficient (Wildman–Crippen LogP) is 2.29. The zero-order chi connectivity index (χ0) is 17.8. The van der Waals surface area contributed by atoms with E-state index in [1.165, 1.54) is 36.8 Å². The van der Waals surface area contributed by atoms with Crippen LogP contribution in [0, 0.1) is 0 Å². The molecule has 0 spiro atoms. The molecule has 0 bridgehead atoms. The largest absolute Gasteiger partial charge is 0.507 e. The maximum absolute atomic E-state index is 11.4. The topological polar surface area (TPSA) is 114 Å². The van der Waals surface area contributed by atoms with Gasteiger partial charge in [0, 0.05) is 12.8 Å². The van der Waals surface area contributed by atoms with Crippen molar-refractivity contribution in [3.63, 3.8) is 0 Å². The second-order valence-corrected chi connectivity index (χ2v) is 6.22. The van der Waals surface area contributed by atoms with Gasteiger partial charge in [-0.2, -0.15) is 0 Å². The van der Waals surface area contributed by atoms with Crippen LogP contribution in [0.15, 0.2) is 41.4 Å². The monoisotopic (exact) mass is 338 g/mol. The summed E-state index contributed by atoms with van der Waals surface area (Å²) in [5, 5.41) is 13.4. The second kappa shape index (κ2) is 7.36. The third kappa shape index (κ3) is 3.80. The van der Waals surface area contributed by atoms with Crippen LogP contribution in [0.1, 0.15) is 40.2 Å². The van der Waals surface area contributed by atoms with Gasteiger partial charge in [0.2, 0.25) is 0 Å². The molecule has 1 atom stereocenters. The summed E-state index contributed by atoms with van der Waals surface area (Å²) < 4.78 is 0. The number of carbonyl (C=O) groups is 1. The Morgan fingerprint density at radius 1 is 1.24 bits per heavy atom. The molecule has 3 rings (SSSR count). The molecule has 0 aliphatic carbocycles. The van der Waals surface area contributed by atoms with Gasteiger partial charge in [-0.25, -0.2) is 0 Å². The number of hydrogen-bond acceptors (Lipinski definition) is 5. The highest BCUT2D eigenvalue weighted by molar-refractivity contribution is 6.04. The number of amides is 1. The first-order valence-corrected chi connectivity index (χ1v) is 8.32. The number of aromatic hydroxyl groups is 1. The number of nitrogens with zero attached hydrogens (tertiary/aromatic N) is 1. The molecular formula is C19H22N4O2. The lowest BCUT2D eigenvalue weighted by Gasteiger charge is -2.23. The van der Waals surface area contributed by atoms with Gasteiger partial charge < -0.3 is 21.9 Å². The van der Waals surface area contributed by atoms with Crippen molar-refractivity contribution in [3.8, 4) is 5.75 Å². The first-order valence-electron chi connectivity index (χ1n) is 8.32.